The third-order valence-corrected chi connectivity index (χ3v) is 5.48. The Balaban J connectivity index is 2.14. The largest absolute Gasteiger partial charge is 0.298 e. The molecule has 3 heteroatoms. The monoisotopic (exact) mass is 304 g/mol. The number of carbonyl (C=O) groups is 2. The van der Waals surface area contributed by atoms with Crippen LogP contribution in [-0.2, 0) is 15.3 Å². The van der Waals surface area contributed by atoms with Crippen molar-refractivity contribution in [1.29, 1.82) is 0 Å². The molecule has 2 nitrogen and oxygen atoms in total. The fraction of sp³-hybridized carbons (Fsp3) is 0.556. The second-order valence-corrected chi connectivity index (χ2v) is 8.31. The normalized spacial score (nSPS) is 22.5. The first-order valence-corrected chi connectivity index (χ1v) is 8.57. The van der Waals surface area contributed by atoms with Crippen molar-refractivity contribution in [2.24, 2.45) is 5.41 Å². The van der Waals surface area contributed by atoms with Gasteiger partial charge in [-0.15, -0.1) is 11.8 Å². The lowest BCUT2D eigenvalue weighted by atomic mass is 9.84. The van der Waals surface area contributed by atoms with E-state index in [1.165, 1.54) is 5.56 Å². The summed E-state index contributed by atoms with van der Waals surface area (Å²) < 4.78 is -0.789. The van der Waals surface area contributed by atoms with E-state index in [4.69, 9.17) is 0 Å². The Morgan fingerprint density at radius 2 is 1.90 bits per heavy atom. The van der Waals surface area contributed by atoms with Gasteiger partial charge in [-0.25, -0.2) is 0 Å². The van der Waals surface area contributed by atoms with E-state index in [9.17, 15) is 9.59 Å². The van der Waals surface area contributed by atoms with Crippen molar-refractivity contribution in [2.45, 2.75) is 57.0 Å². The fourth-order valence-electron chi connectivity index (χ4n) is 2.77. The van der Waals surface area contributed by atoms with E-state index < -0.39 is 4.75 Å². The fourth-order valence-corrected chi connectivity index (χ4v) is 4.16. The summed E-state index contributed by atoms with van der Waals surface area (Å²) in [6.45, 7) is 6.17. The van der Waals surface area contributed by atoms with Gasteiger partial charge in [0.15, 0.2) is 11.6 Å². The number of Topliss-reactive ketones (excluding diaryl/α,β-unsaturated/α-hetero) is 2. The first kappa shape index (κ1) is 16.3. The van der Waals surface area contributed by atoms with Gasteiger partial charge >= 0.3 is 0 Å². The van der Waals surface area contributed by atoms with Crippen LogP contribution < -0.4 is 0 Å². The highest BCUT2D eigenvalue weighted by Gasteiger charge is 2.48. The minimum atomic E-state index is -0.789. The third-order valence-electron chi connectivity index (χ3n) is 3.85. The Labute approximate surface area is 131 Å². The van der Waals surface area contributed by atoms with E-state index in [2.05, 4.69) is 20.8 Å². The molecule has 0 saturated heterocycles. The molecule has 2 rings (SSSR count). The zero-order chi connectivity index (χ0) is 15.5. The number of thioether (sulfide) groups is 1. The highest BCUT2D eigenvalue weighted by Crippen LogP contribution is 2.43. The summed E-state index contributed by atoms with van der Waals surface area (Å²) in [6.07, 6.45) is 2.58. The lowest BCUT2D eigenvalue weighted by molar-refractivity contribution is -0.129. The van der Waals surface area contributed by atoms with Gasteiger partial charge in [0.2, 0.25) is 0 Å². The Hall–Kier alpha value is -1.09. The molecule has 1 aromatic carbocycles. The van der Waals surface area contributed by atoms with E-state index in [1.807, 2.05) is 30.3 Å². The van der Waals surface area contributed by atoms with E-state index in [0.29, 0.717) is 19.3 Å². The molecule has 0 aromatic heterocycles. The lowest BCUT2D eigenvalue weighted by Crippen LogP contribution is -2.41. The number of ketones is 2. The van der Waals surface area contributed by atoms with Crippen molar-refractivity contribution in [3.8, 4) is 0 Å². The predicted octanol–water partition coefficient (Wildman–Crippen LogP) is 4.42. The first-order chi connectivity index (χ1) is 9.83. The van der Waals surface area contributed by atoms with Crippen LogP contribution in [0, 0.1) is 5.41 Å². The number of hydrogen-bond acceptors (Lipinski definition) is 3. The summed E-state index contributed by atoms with van der Waals surface area (Å²) in [6, 6.07) is 10.1. The summed E-state index contributed by atoms with van der Waals surface area (Å²) in [5.41, 5.74) is 1.10. The molecule has 21 heavy (non-hydrogen) atoms. The van der Waals surface area contributed by atoms with Gasteiger partial charge < -0.3 is 0 Å². The van der Waals surface area contributed by atoms with Crippen LogP contribution in [0.1, 0.15) is 52.0 Å². The van der Waals surface area contributed by atoms with E-state index in [-0.39, 0.29) is 17.0 Å². The van der Waals surface area contributed by atoms with Crippen LogP contribution in [0.3, 0.4) is 0 Å². The van der Waals surface area contributed by atoms with Crippen LogP contribution in [0.5, 0.6) is 0 Å². The second kappa shape index (κ2) is 6.35. The number of hydrogen-bond donors (Lipinski definition) is 0. The molecule has 114 valence electrons. The number of carbonyl (C=O) groups excluding carboxylic acids is 2. The van der Waals surface area contributed by atoms with Gasteiger partial charge in [-0.1, -0.05) is 51.1 Å². The highest BCUT2D eigenvalue weighted by atomic mass is 32.2. The van der Waals surface area contributed by atoms with Crippen LogP contribution in [0.4, 0.5) is 0 Å². The maximum Gasteiger partial charge on any atom is 0.156 e. The quantitative estimate of drug-likeness (QED) is 0.755. The molecular formula is C18H24O2S. The molecule has 1 atom stereocenters. The molecule has 1 aromatic rings. The predicted molar refractivity (Wildman–Crippen MR) is 88.4 cm³/mol. The van der Waals surface area contributed by atoms with Gasteiger partial charge in [-0.05, 0) is 23.8 Å². The molecule has 1 unspecified atom stereocenters. The first-order valence-electron chi connectivity index (χ1n) is 7.58. The molecule has 1 fully saturated rings. The van der Waals surface area contributed by atoms with Crippen molar-refractivity contribution >= 4 is 23.3 Å². The van der Waals surface area contributed by atoms with Gasteiger partial charge in [-0.3, -0.25) is 9.59 Å². The van der Waals surface area contributed by atoms with E-state index in [1.54, 1.807) is 11.8 Å². The summed E-state index contributed by atoms with van der Waals surface area (Å²) in [5, 5.41) is 0. The molecule has 1 saturated carbocycles. The van der Waals surface area contributed by atoms with Crippen molar-refractivity contribution in [3.63, 3.8) is 0 Å². The SMILES string of the molecule is CC(C)(C)CC(=O)C1(SCc2ccccc2)CCCC1=O. The van der Waals surface area contributed by atoms with Crippen molar-refractivity contribution in [1.82, 2.24) is 0 Å². The Bertz CT molecular complexity index is 516. The average molecular weight is 304 g/mol. The summed E-state index contributed by atoms with van der Waals surface area (Å²) in [4.78, 5) is 25.2. The van der Waals surface area contributed by atoms with Gasteiger partial charge in [-0.2, -0.15) is 0 Å². The van der Waals surface area contributed by atoms with Crippen LogP contribution >= 0.6 is 11.8 Å². The van der Waals surface area contributed by atoms with Gasteiger partial charge in [0.05, 0.1) is 0 Å². The van der Waals surface area contributed by atoms with Crippen LogP contribution in [0.15, 0.2) is 30.3 Å². The van der Waals surface area contributed by atoms with E-state index >= 15 is 0 Å². The molecule has 1 aliphatic carbocycles. The molecule has 0 radical (unpaired) electrons. The number of benzene rings is 1. The van der Waals surface area contributed by atoms with Gasteiger partial charge in [0.1, 0.15) is 4.75 Å². The number of rotatable bonds is 5. The second-order valence-electron chi connectivity index (χ2n) is 7.04. The Morgan fingerprint density at radius 3 is 2.43 bits per heavy atom. The zero-order valence-electron chi connectivity index (χ0n) is 13.1. The standard InChI is InChI=1S/C18H24O2S/c1-17(2,3)12-16(20)18(11-7-10-15(18)19)21-13-14-8-5-4-6-9-14/h4-6,8-9H,7,10-13H2,1-3H3. The molecule has 0 spiro atoms. The summed E-state index contributed by atoms with van der Waals surface area (Å²) in [7, 11) is 0. The summed E-state index contributed by atoms with van der Waals surface area (Å²) >= 11 is 1.54. The van der Waals surface area contributed by atoms with E-state index in [0.717, 1.165) is 12.2 Å². The Kier molecular flexibility index (Phi) is 4.92. The molecule has 0 bridgehead atoms. The third kappa shape index (κ3) is 3.97. The topological polar surface area (TPSA) is 34.1 Å². The van der Waals surface area contributed by atoms with Gasteiger partial charge in [0.25, 0.3) is 0 Å². The van der Waals surface area contributed by atoms with Crippen molar-refractivity contribution in [2.75, 3.05) is 0 Å². The minimum absolute atomic E-state index is 0.0692. The zero-order valence-corrected chi connectivity index (χ0v) is 14.0. The smallest absolute Gasteiger partial charge is 0.156 e. The van der Waals surface area contributed by atoms with Crippen LogP contribution in [-0.4, -0.2) is 16.3 Å². The maximum absolute atomic E-state index is 12.8. The van der Waals surface area contributed by atoms with Crippen molar-refractivity contribution in [3.05, 3.63) is 35.9 Å². The summed E-state index contributed by atoms with van der Waals surface area (Å²) in [5.74, 6) is 0.985. The molecular weight excluding hydrogens is 280 g/mol. The molecule has 0 N–H and O–H groups in total. The van der Waals surface area contributed by atoms with Crippen LogP contribution in [0.2, 0.25) is 0 Å². The molecule has 0 heterocycles. The maximum atomic E-state index is 12.8. The Morgan fingerprint density at radius 1 is 1.24 bits per heavy atom. The van der Waals surface area contributed by atoms with Crippen molar-refractivity contribution < 1.29 is 9.59 Å². The van der Waals surface area contributed by atoms with Gasteiger partial charge in [0, 0.05) is 18.6 Å². The average Bonchev–Trinajstić information content (AvgIpc) is 2.78. The van der Waals surface area contributed by atoms with Crippen LogP contribution in [0.25, 0.3) is 0 Å². The molecule has 1 aliphatic rings. The minimum Gasteiger partial charge on any atom is -0.298 e. The molecule has 0 amide bonds. The molecule has 0 aliphatic heterocycles. The lowest BCUT2D eigenvalue weighted by Gasteiger charge is -2.29. The highest BCUT2D eigenvalue weighted by molar-refractivity contribution is 8.01.